The topological polar surface area (TPSA) is 108 Å². The van der Waals surface area contributed by atoms with Crippen molar-refractivity contribution >= 4 is 34.1 Å². The number of rotatable bonds is 4. The summed E-state index contributed by atoms with van der Waals surface area (Å²) in [4.78, 5) is 36.3. The van der Waals surface area contributed by atoms with Crippen molar-refractivity contribution in [3.05, 3.63) is 16.0 Å². The molecule has 2 N–H and O–H groups in total. The number of carbonyl (C=O) groups is 3. The fourth-order valence-corrected chi connectivity index (χ4v) is 4.38. The van der Waals surface area contributed by atoms with E-state index in [2.05, 4.69) is 16.7 Å². The van der Waals surface area contributed by atoms with Crippen LogP contribution in [0.4, 0.5) is 5.00 Å². The summed E-state index contributed by atoms with van der Waals surface area (Å²) in [6.07, 6.45) is 4.68. The van der Waals surface area contributed by atoms with Crippen molar-refractivity contribution in [2.24, 2.45) is 5.92 Å². The number of nitrogens with one attached hydrogen (secondary N) is 2. The Hall–Kier alpha value is -2.40. The predicted octanol–water partition coefficient (Wildman–Crippen LogP) is 1.51. The molecule has 0 spiro atoms. The van der Waals surface area contributed by atoms with Gasteiger partial charge >= 0.3 is 5.97 Å². The van der Waals surface area contributed by atoms with Crippen LogP contribution in [0.15, 0.2) is 0 Å². The van der Waals surface area contributed by atoms with Gasteiger partial charge in [0.05, 0.1) is 11.5 Å². The molecule has 132 valence electrons. The van der Waals surface area contributed by atoms with Crippen LogP contribution in [0.5, 0.6) is 0 Å². The summed E-state index contributed by atoms with van der Waals surface area (Å²) in [6.45, 7) is -0.147. The molecule has 2 heterocycles. The zero-order chi connectivity index (χ0) is 17.8. The van der Waals surface area contributed by atoms with Crippen LogP contribution in [0.1, 0.15) is 41.7 Å². The predicted molar refractivity (Wildman–Crippen MR) is 91.0 cm³/mol. The number of nitrogens with zero attached hydrogens (tertiary/aromatic N) is 1. The lowest BCUT2D eigenvalue weighted by Gasteiger charge is -2.20. The number of anilines is 1. The second-order valence-electron chi connectivity index (χ2n) is 6.22. The summed E-state index contributed by atoms with van der Waals surface area (Å²) >= 11 is 1.43. The largest absolute Gasteiger partial charge is 0.455 e. The van der Waals surface area contributed by atoms with E-state index in [4.69, 9.17) is 4.74 Å². The Bertz CT molecular complexity index is 740. The molecule has 7 nitrogen and oxygen atoms in total. The van der Waals surface area contributed by atoms with Gasteiger partial charge in [0.1, 0.15) is 11.1 Å². The standard InChI is InChI=1S/C17H19N3O4S/c18-7-12-11-3-1-2-4-13(11)25-16(12)20-15(22)9-24-17(23)10-5-6-14(21)19-8-10/h10H,1-6,8-9H2,(H,19,21)(H,20,22)/t10-/m1/s1. The van der Waals surface area contributed by atoms with E-state index in [1.807, 2.05) is 0 Å². The number of carbonyl (C=O) groups excluding carboxylic acids is 3. The summed E-state index contributed by atoms with van der Waals surface area (Å²) in [5.41, 5.74) is 1.58. The first-order valence-corrected chi connectivity index (χ1v) is 9.18. The van der Waals surface area contributed by atoms with E-state index < -0.39 is 24.4 Å². The monoisotopic (exact) mass is 361 g/mol. The smallest absolute Gasteiger partial charge is 0.311 e. The van der Waals surface area contributed by atoms with Gasteiger partial charge in [-0.05, 0) is 37.7 Å². The number of hydrogen-bond donors (Lipinski definition) is 2. The molecule has 0 bridgehead atoms. The highest BCUT2D eigenvalue weighted by molar-refractivity contribution is 7.16. The van der Waals surface area contributed by atoms with Gasteiger partial charge in [0.25, 0.3) is 5.91 Å². The van der Waals surface area contributed by atoms with E-state index in [0.29, 0.717) is 17.0 Å². The summed E-state index contributed by atoms with van der Waals surface area (Å²) < 4.78 is 5.05. The molecule has 1 aromatic rings. The van der Waals surface area contributed by atoms with Gasteiger partial charge in [0.15, 0.2) is 6.61 Å². The Morgan fingerprint density at radius 1 is 1.32 bits per heavy atom. The van der Waals surface area contributed by atoms with E-state index in [1.165, 1.54) is 11.3 Å². The number of thiophene rings is 1. The van der Waals surface area contributed by atoms with Gasteiger partial charge in [-0.1, -0.05) is 0 Å². The third-order valence-corrected chi connectivity index (χ3v) is 5.69. The fourth-order valence-electron chi connectivity index (χ4n) is 3.12. The molecular weight excluding hydrogens is 342 g/mol. The van der Waals surface area contributed by atoms with Crippen molar-refractivity contribution < 1.29 is 19.1 Å². The highest BCUT2D eigenvalue weighted by Gasteiger charge is 2.27. The van der Waals surface area contributed by atoms with Gasteiger partial charge in [-0.2, -0.15) is 5.26 Å². The Kier molecular flexibility index (Phi) is 5.34. The number of hydrogen-bond acceptors (Lipinski definition) is 6. The van der Waals surface area contributed by atoms with Crippen LogP contribution in [0, 0.1) is 17.2 Å². The average molecular weight is 361 g/mol. The summed E-state index contributed by atoms with van der Waals surface area (Å²) in [7, 11) is 0. The van der Waals surface area contributed by atoms with Gasteiger partial charge < -0.3 is 15.4 Å². The normalized spacial score (nSPS) is 19.3. The highest BCUT2D eigenvalue weighted by Crippen LogP contribution is 2.37. The SMILES string of the molecule is N#Cc1c(NC(=O)COC(=O)[C@@H]2CCC(=O)NC2)sc2c1CCCC2. The third-order valence-electron chi connectivity index (χ3n) is 4.48. The van der Waals surface area contributed by atoms with Crippen LogP contribution >= 0.6 is 11.3 Å². The van der Waals surface area contributed by atoms with Crippen molar-refractivity contribution in [1.29, 1.82) is 5.26 Å². The van der Waals surface area contributed by atoms with Gasteiger partial charge in [-0.25, -0.2) is 0 Å². The molecule has 2 amide bonds. The third kappa shape index (κ3) is 3.99. The van der Waals surface area contributed by atoms with Gasteiger partial charge in [-0.3, -0.25) is 14.4 Å². The molecule has 1 fully saturated rings. The van der Waals surface area contributed by atoms with Gasteiger partial charge in [0, 0.05) is 17.8 Å². The molecule has 1 atom stereocenters. The maximum atomic E-state index is 12.1. The van der Waals surface area contributed by atoms with Crippen LogP contribution in [0.25, 0.3) is 0 Å². The molecule has 1 aromatic heterocycles. The number of fused-ring (bicyclic) bond motifs is 1. The molecule has 0 aromatic carbocycles. The van der Waals surface area contributed by atoms with Crippen LogP contribution in [0.2, 0.25) is 0 Å². The number of piperidine rings is 1. The van der Waals surface area contributed by atoms with Crippen LogP contribution < -0.4 is 10.6 Å². The molecule has 3 rings (SSSR count). The first-order valence-electron chi connectivity index (χ1n) is 8.36. The zero-order valence-electron chi connectivity index (χ0n) is 13.7. The van der Waals surface area contributed by atoms with E-state index in [-0.39, 0.29) is 18.9 Å². The summed E-state index contributed by atoms with van der Waals surface area (Å²) in [6, 6.07) is 2.18. The minimum Gasteiger partial charge on any atom is -0.455 e. The molecular formula is C17H19N3O4S. The first kappa shape index (κ1) is 17.4. The van der Waals surface area contributed by atoms with E-state index in [1.54, 1.807) is 0 Å². The highest BCUT2D eigenvalue weighted by atomic mass is 32.1. The molecule has 1 aliphatic carbocycles. The second-order valence-corrected chi connectivity index (χ2v) is 7.33. The van der Waals surface area contributed by atoms with Crippen molar-refractivity contribution in [2.75, 3.05) is 18.5 Å². The minimum absolute atomic E-state index is 0.0764. The minimum atomic E-state index is -0.485. The zero-order valence-corrected chi connectivity index (χ0v) is 14.5. The number of esters is 1. The lowest BCUT2D eigenvalue weighted by molar-refractivity contribution is -0.152. The Labute approximate surface area is 149 Å². The van der Waals surface area contributed by atoms with Crippen molar-refractivity contribution in [2.45, 2.75) is 38.5 Å². The Morgan fingerprint density at radius 2 is 2.12 bits per heavy atom. The molecule has 1 saturated heterocycles. The number of aryl methyl sites for hydroxylation is 1. The number of nitriles is 1. The Morgan fingerprint density at radius 3 is 2.84 bits per heavy atom. The van der Waals surface area contributed by atoms with Crippen molar-refractivity contribution in [3.63, 3.8) is 0 Å². The lowest BCUT2D eigenvalue weighted by Crippen LogP contribution is -2.39. The quantitative estimate of drug-likeness (QED) is 0.790. The van der Waals surface area contributed by atoms with Crippen LogP contribution in [-0.4, -0.2) is 30.9 Å². The van der Waals surface area contributed by atoms with E-state index in [9.17, 15) is 19.6 Å². The van der Waals surface area contributed by atoms with Gasteiger partial charge in [-0.15, -0.1) is 11.3 Å². The first-order chi connectivity index (χ1) is 12.1. The van der Waals surface area contributed by atoms with E-state index in [0.717, 1.165) is 36.1 Å². The van der Waals surface area contributed by atoms with Crippen LogP contribution in [0.3, 0.4) is 0 Å². The fraction of sp³-hybridized carbons (Fsp3) is 0.529. The average Bonchev–Trinajstić information content (AvgIpc) is 2.97. The number of amides is 2. The van der Waals surface area contributed by atoms with Crippen molar-refractivity contribution in [1.82, 2.24) is 5.32 Å². The van der Waals surface area contributed by atoms with Crippen LogP contribution in [-0.2, 0) is 32.0 Å². The second kappa shape index (κ2) is 7.66. The molecule has 2 aliphatic rings. The summed E-state index contributed by atoms with van der Waals surface area (Å²) in [5, 5.41) is 15.2. The molecule has 0 radical (unpaired) electrons. The lowest BCUT2D eigenvalue weighted by atomic mass is 9.96. The maximum Gasteiger partial charge on any atom is 0.311 e. The summed E-state index contributed by atoms with van der Waals surface area (Å²) in [5.74, 6) is -1.42. The van der Waals surface area contributed by atoms with Crippen molar-refractivity contribution in [3.8, 4) is 6.07 Å². The molecule has 25 heavy (non-hydrogen) atoms. The maximum absolute atomic E-state index is 12.1. The Balaban J connectivity index is 1.55. The molecule has 0 saturated carbocycles. The molecule has 0 unspecified atom stereocenters. The number of ether oxygens (including phenoxy) is 1. The van der Waals surface area contributed by atoms with Gasteiger partial charge in [0.2, 0.25) is 5.91 Å². The van der Waals surface area contributed by atoms with E-state index >= 15 is 0 Å². The molecule has 8 heteroatoms. The molecule has 1 aliphatic heterocycles.